The standard InChI is InChI=1S/C30H34N2O6/c1-2-3-6-17-37-23-11-9-21(10-12-23)27-26(28(33)25-20-22-7-4-5-8-24(22)38-25)29(34)30(35)32(27)14-13-31-15-18-36-19-16-31/h4-5,7-12,20,27,34H,2-3,6,13-19H2,1H3. The molecule has 1 aromatic heterocycles. The Morgan fingerprint density at radius 2 is 1.82 bits per heavy atom. The van der Waals surface area contributed by atoms with Gasteiger partial charge in [0.1, 0.15) is 11.3 Å². The van der Waals surface area contributed by atoms with Crippen LogP contribution in [0, 0.1) is 0 Å². The van der Waals surface area contributed by atoms with E-state index >= 15 is 0 Å². The molecule has 0 bridgehead atoms. The van der Waals surface area contributed by atoms with Crippen molar-refractivity contribution >= 4 is 22.7 Å². The molecule has 1 N–H and O–H groups in total. The van der Waals surface area contributed by atoms with Gasteiger partial charge in [-0.3, -0.25) is 14.5 Å². The van der Waals surface area contributed by atoms with E-state index < -0.39 is 23.5 Å². The lowest BCUT2D eigenvalue weighted by molar-refractivity contribution is -0.129. The molecular formula is C30H34N2O6. The lowest BCUT2D eigenvalue weighted by atomic mass is 9.95. The Balaban J connectivity index is 1.43. The fourth-order valence-electron chi connectivity index (χ4n) is 5.05. The molecule has 0 radical (unpaired) electrons. The number of carbonyl (C=O) groups excluding carboxylic acids is 2. The molecule has 0 saturated carbocycles. The van der Waals surface area contributed by atoms with Gasteiger partial charge in [0, 0.05) is 31.6 Å². The molecule has 1 unspecified atom stereocenters. The van der Waals surface area contributed by atoms with Crippen LogP contribution in [-0.2, 0) is 9.53 Å². The number of ether oxygens (including phenoxy) is 2. The van der Waals surface area contributed by atoms with Crippen LogP contribution in [0.4, 0.5) is 0 Å². The van der Waals surface area contributed by atoms with E-state index in [0.29, 0.717) is 38.5 Å². The van der Waals surface area contributed by atoms with Crippen LogP contribution in [0.25, 0.3) is 11.0 Å². The van der Waals surface area contributed by atoms with Crippen molar-refractivity contribution < 1.29 is 28.6 Å². The van der Waals surface area contributed by atoms with E-state index in [1.807, 2.05) is 42.5 Å². The molecule has 0 aliphatic carbocycles. The lowest BCUT2D eigenvalue weighted by Gasteiger charge is -2.31. The molecule has 2 aliphatic rings. The number of morpholine rings is 1. The number of rotatable bonds is 11. The molecule has 8 heteroatoms. The fraction of sp³-hybridized carbons (Fsp3) is 0.400. The van der Waals surface area contributed by atoms with Crippen LogP contribution in [-0.4, -0.2) is 72.6 Å². The maximum Gasteiger partial charge on any atom is 0.290 e. The number of benzene rings is 2. The predicted molar refractivity (Wildman–Crippen MR) is 143 cm³/mol. The molecule has 1 saturated heterocycles. The first-order valence-corrected chi connectivity index (χ1v) is 13.4. The summed E-state index contributed by atoms with van der Waals surface area (Å²) in [6.45, 7) is 6.62. The van der Waals surface area contributed by atoms with Crippen molar-refractivity contribution in [3.8, 4) is 5.75 Å². The van der Waals surface area contributed by atoms with Gasteiger partial charge in [-0.25, -0.2) is 0 Å². The van der Waals surface area contributed by atoms with Gasteiger partial charge in [0.05, 0.1) is 31.4 Å². The molecule has 3 aromatic rings. The molecule has 3 heterocycles. The molecule has 0 spiro atoms. The number of nitrogens with zero attached hydrogens (tertiary/aromatic N) is 2. The third kappa shape index (κ3) is 5.47. The normalized spacial score (nSPS) is 18.5. The highest BCUT2D eigenvalue weighted by Gasteiger charge is 2.44. The summed E-state index contributed by atoms with van der Waals surface area (Å²) >= 11 is 0. The maximum atomic E-state index is 13.7. The van der Waals surface area contributed by atoms with E-state index in [-0.39, 0.29) is 11.3 Å². The zero-order chi connectivity index (χ0) is 26.5. The van der Waals surface area contributed by atoms with Gasteiger partial charge in [0.25, 0.3) is 5.91 Å². The molecule has 5 rings (SSSR count). The molecule has 2 aromatic carbocycles. The van der Waals surface area contributed by atoms with Gasteiger partial charge in [-0.05, 0) is 36.2 Å². The smallest absolute Gasteiger partial charge is 0.290 e. The van der Waals surface area contributed by atoms with Crippen LogP contribution in [0.1, 0.15) is 48.3 Å². The van der Waals surface area contributed by atoms with Gasteiger partial charge in [-0.1, -0.05) is 50.1 Å². The van der Waals surface area contributed by atoms with Crippen molar-refractivity contribution in [3.05, 3.63) is 77.3 Å². The van der Waals surface area contributed by atoms with Gasteiger partial charge in [-0.2, -0.15) is 0 Å². The maximum absolute atomic E-state index is 13.7. The van der Waals surface area contributed by atoms with Crippen molar-refractivity contribution in [2.24, 2.45) is 0 Å². The first-order valence-electron chi connectivity index (χ1n) is 13.4. The van der Waals surface area contributed by atoms with E-state index in [2.05, 4.69) is 11.8 Å². The molecule has 1 fully saturated rings. The van der Waals surface area contributed by atoms with E-state index in [9.17, 15) is 14.7 Å². The second-order valence-corrected chi connectivity index (χ2v) is 9.72. The number of unbranched alkanes of at least 4 members (excludes halogenated alkanes) is 2. The van der Waals surface area contributed by atoms with Crippen LogP contribution in [0.2, 0.25) is 0 Å². The van der Waals surface area contributed by atoms with Crippen LogP contribution >= 0.6 is 0 Å². The largest absolute Gasteiger partial charge is 0.503 e. The Morgan fingerprint density at radius 1 is 1.05 bits per heavy atom. The number of ketones is 1. The monoisotopic (exact) mass is 518 g/mol. The molecule has 1 atom stereocenters. The molecule has 2 aliphatic heterocycles. The zero-order valence-electron chi connectivity index (χ0n) is 21.7. The van der Waals surface area contributed by atoms with E-state index in [1.165, 1.54) is 0 Å². The number of amides is 1. The fourth-order valence-corrected chi connectivity index (χ4v) is 5.05. The van der Waals surface area contributed by atoms with Crippen LogP contribution in [0.15, 0.2) is 70.3 Å². The van der Waals surface area contributed by atoms with Gasteiger partial charge >= 0.3 is 0 Å². The average Bonchev–Trinajstić information content (AvgIpc) is 3.49. The van der Waals surface area contributed by atoms with Crippen molar-refractivity contribution in [2.45, 2.75) is 32.2 Å². The quantitative estimate of drug-likeness (QED) is 0.285. The number of hydrogen-bond acceptors (Lipinski definition) is 7. The topological polar surface area (TPSA) is 92.5 Å². The molecule has 1 amide bonds. The van der Waals surface area contributed by atoms with Gasteiger partial charge in [0.2, 0.25) is 5.78 Å². The summed E-state index contributed by atoms with van der Waals surface area (Å²) in [4.78, 5) is 30.9. The number of fused-ring (bicyclic) bond motifs is 1. The van der Waals surface area contributed by atoms with Crippen molar-refractivity contribution in [1.82, 2.24) is 9.80 Å². The summed E-state index contributed by atoms with van der Waals surface area (Å²) < 4.78 is 17.1. The zero-order valence-corrected chi connectivity index (χ0v) is 21.7. The first kappa shape index (κ1) is 26.0. The molecule has 8 nitrogen and oxygen atoms in total. The highest BCUT2D eigenvalue weighted by atomic mass is 16.5. The number of aliphatic hydroxyl groups is 1. The first-order chi connectivity index (χ1) is 18.6. The number of hydrogen-bond donors (Lipinski definition) is 1. The second-order valence-electron chi connectivity index (χ2n) is 9.72. The van der Waals surface area contributed by atoms with Crippen molar-refractivity contribution in [1.29, 1.82) is 0 Å². The Kier molecular flexibility index (Phi) is 8.10. The molecular weight excluding hydrogens is 484 g/mol. The summed E-state index contributed by atoms with van der Waals surface area (Å²) in [5.74, 6) is -0.750. The Morgan fingerprint density at radius 3 is 2.55 bits per heavy atom. The lowest BCUT2D eigenvalue weighted by Crippen LogP contribution is -2.43. The molecule has 38 heavy (non-hydrogen) atoms. The summed E-state index contributed by atoms with van der Waals surface area (Å²) in [5.41, 5.74) is 1.34. The van der Waals surface area contributed by atoms with E-state index in [4.69, 9.17) is 13.9 Å². The number of furan rings is 1. The van der Waals surface area contributed by atoms with E-state index in [1.54, 1.807) is 17.0 Å². The summed E-state index contributed by atoms with van der Waals surface area (Å²) in [6, 6.07) is 15.7. The number of aliphatic hydroxyl groups excluding tert-OH is 1. The van der Waals surface area contributed by atoms with Crippen molar-refractivity contribution in [3.63, 3.8) is 0 Å². The van der Waals surface area contributed by atoms with Crippen molar-refractivity contribution in [2.75, 3.05) is 46.0 Å². The SMILES string of the molecule is CCCCCOc1ccc(C2C(C(=O)c3cc4ccccc4o3)=C(O)C(=O)N2CCN2CCOCC2)cc1. The van der Waals surface area contributed by atoms with Crippen LogP contribution < -0.4 is 4.74 Å². The summed E-state index contributed by atoms with van der Waals surface area (Å²) in [7, 11) is 0. The highest BCUT2D eigenvalue weighted by Crippen LogP contribution is 2.40. The number of Topliss-reactive ketones (excluding diaryl/α,β-unsaturated/α-hetero) is 1. The van der Waals surface area contributed by atoms with Gasteiger partial charge < -0.3 is 23.9 Å². The van der Waals surface area contributed by atoms with E-state index in [0.717, 1.165) is 49.1 Å². The molecule has 200 valence electrons. The summed E-state index contributed by atoms with van der Waals surface area (Å²) in [6.07, 6.45) is 3.21. The third-order valence-electron chi connectivity index (χ3n) is 7.17. The Hall–Kier alpha value is -3.62. The average molecular weight is 519 g/mol. The second kappa shape index (κ2) is 11.8. The van der Waals surface area contributed by atoms with Crippen LogP contribution in [0.3, 0.4) is 0 Å². The highest BCUT2D eigenvalue weighted by molar-refractivity contribution is 6.16. The minimum atomic E-state index is -0.738. The number of para-hydroxylation sites is 1. The third-order valence-corrected chi connectivity index (χ3v) is 7.17. The van der Waals surface area contributed by atoms with Gasteiger partial charge in [-0.15, -0.1) is 0 Å². The number of carbonyl (C=O) groups is 2. The predicted octanol–water partition coefficient (Wildman–Crippen LogP) is 4.91. The minimum Gasteiger partial charge on any atom is -0.503 e. The Labute approximate surface area is 222 Å². The van der Waals surface area contributed by atoms with Crippen LogP contribution in [0.5, 0.6) is 5.75 Å². The van der Waals surface area contributed by atoms with Gasteiger partial charge in [0.15, 0.2) is 11.5 Å². The Bertz CT molecular complexity index is 1270. The summed E-state index contributed by atoms with van der Waals surface area (Å²) in [5, 5.41) is 11.8. The minimum absolute atomic E-state index is 0.0349.